The maximum absolute atomic E-state index is 11.3. The van der Waals surface area contributed by atoms with E-state index in [4.69, 9.17) is 0 Å². The summed E-state index contributed by atoms with van der Waals surface area (Å²) in [5.41, 5.74) is 0.153. The molecule has 0 fully saturated rings. The molecular formula is C8H15NO8S2. The van der Waals surface area contributed by atoms with E-state index in [9.17, 15) is 21.6 Å². The average Bonchev–Trinajstić information content (AvgIpc) is 2.21. The second-order valence-corrected chi connectivity index (χ2v) is 6.55. The van der Waals surface area contributed by atoms with Gasteiger partial charge in [0.05, 0.1) is 6.26 Å². The topological polar surface area (TPSA) is 116 Å². The van der Waals surface area contributed by atoms with Gasteiger partial charge >= 0.3 is 16.3 Å². The van der Waals surface area contributed by atoms with Gasteiger partial charge in [-0.05, 0) is 11.4 Å². The first-order valence-electron chi connectivity index (χ1n) is 4.81. The number of hydroxylamine groups is 1. The van der Waals surface area contributed by atoms with E-state index in [-0.39, 0.29) is 16.6 Å². The second kappa shape index (κ2) is 6.96. The van der Waals surface area contributed by atoms with Crippen LogP contribution in [0.4, 0.5) is 0 Å². The summed E-state index contributed by atoms with van der Waals surface area (Å²) in [7, 11) is -7.54. The molecule has 0 aromatic heterocycles. The highest BCUT2D eigenvalue weighted by molar-refractivity contribution is 7.87. The molecule has 9 nitrogen and oxygen atoms in total. The quantitative estimate of drug-likeness (QED) is 0.247. The minimum Gasteiger partial charge on any atom is -0.460 e. The van der Waals surface area contributed by atoms with Crippen LogP contribution < -0.4 is 0 Å². The van der Waals surface area contributed by atoms with Crippen LogP contribution in [-0.2, 0) is 38.4 Å². The van der Waals surface area contributed by atoms with Gasteiger partial charge in [0.1, 0.15) is 13.2 Å². The van der Waals surface area contributed by atoms with E-state index in [1.54, 1.807) is 0 Å². The minimum absolute atomic E-state index is 0.0445. The fourth-order valence-corrected chi connectivity index (χ4v) is 2.14. The van der Waals surface area contributed by atoms with Gasteiger partial charge in [0, 0.05) is 12.6 Å². The van der Waals surface area contributed by atoms with Crippen molar-refractivity contribution in [2.75, 3.05) is 26.5 Å². The van der Waals surface area contributed by atoms with Gasteiger partial charge in [-0.25, -0.2) is 4.79 Å². The molecule has 0 heterocycles. The monoisotopic (exact) mass is 317 g/mol. The summed E-state index contributed by atoms with van der Waals surface area (Å²) in [4.78, 5) is 10.9. The molecule has 0 amide bonds. The van der Waals surface area contributed by atoms with Crippen molar-refractivity contribution in [3.8, 4) is 0 Å². The Morgan fingerprint density at radius 1 is 1.21 bits per heavy atom. The molecule has 0 aliphatic rings. The first-order chi connectivity index (χ1) is 8.46. The third-order valence-corrected chi connectivity index (χ3v) is 3.21. The Morgan fingerprint density at radius 2 is 1.74 bits per heavy atom. The molecule has 0 spiro atoms. The lowest BCUT2D eigenvalue weighted by Gasteiger charge is -2.14. The molecule has 0 aliphatic carbocycles. The predicted octanol–water partition coefficient (Wildman–Crippen LogP) is -0.810. The van der Waals surface area contributed by atoms with E-state index in [1.165, 1.54) is 6.92 Å². The summed E-state index contributed by atoms with van der Waals surface area (Å²) in [5, 5.41) is 0. The van der Waals surface area contributed by atoms with Crippen LogP contribution in [0, 0.1) is 0 Å². The normalized spacial score (nSPS) is 12.4. The largest absolute Gasteiger partial charge is 0.460 e. The van der Waals surface area contributed by atoms with Gasteiger partial charge in [-0.1, -0.05) is 6.58 Å². The lowest BCUT2D eigenvalue weighted by molar-refractivity contribution is -0.139. The van der Waals surface area contributed by atoms with Crippen LogP contribution >= 0.6 is 0 Å². The highest BCUT2D eigenvalue weighted by atomic mass is 32.2. The van der Waals surface area contributed by atoms with Gasteiger partial charge in [-0.3, -0.25) is 4.18 Å². The zero-order valence-electron chi connectivity index (χ0n) is 10.7. The first-order valence-corrected chi connectivity index (χ1v) is 7.99. The Morgan fingerprint density at radius 3 is 2.16 bits per heavy atom. The maximum atomic E-state index is 11.3. The molecule has 0 saturated carbocycles. The van der Waals surface area contributed by atoms with Gasteiger partial charge in [0.15, 0.2) is 0 Å². The highest BCUT2D eigenvalue weighted by Crippen LogP contribution is 2.04. The first kappa shape index (κ1) is 18.0. The number of carbonyl (C=O) groups excluding carboxylic acids is 1. The molecule has 0 aliphatic heterocycles. The van der Waals surface area contributed by atoms with Crippen LogP contribution in [0.25, 0.3) is 0 Å². The number of esters is 1. The average molecular weight is 317 g/mol. The molecule has 0 saturated heterocycles. The summed E-state index contributed by atoms with van der Waals surface area (Å²) in [6.45, 7) is 3.92. The Labute approximate surface area is 112 Å². The molecule has 0 bridgehead atoms. The molecule has 19 heavy (non-hydrogen) atoms. The van der Waals surface area contributed by atoms with Gasteiger partial charge < -0.3 is 4.74 Å². The SMILES string of the molecule is C=C(C)C(=O)OCCOS(=O)(=O)N(C)OS(C)(=O)=O. The lowest BCUT2D eigenvalue weighted by Crippen LogP contribution is -2.32. The van der Waals surface area contributed by atoms with Gasteiger partial charge in [-0.2, -0.15) is 21.1 Å². The Kier molecular flexibility index (Phi) is 6.59. The Bertz CT molecular complexity index is 535. The Balaban J connectivity index is 4.25. The van der Waals surface area contributed by atoms with Gasteiger partial charge in [0.2, 0.25) is 0 Å². The number of ether oxygens (including phenoxy) is 1. The summed E-state index contributed by atoms with van der Waals surface area (Å²) in [6.07, 6.45) is 0.674. The van der Waals surface area contributed by atoms with Crippen molar-refractivity contribution in [3.05, 3.63) is 12.2 Å². The summed E-state index contributed by atoms with van der Waals surface area (Å²) < 4.78 is 57.2. The fourth-order valence-electron chi connectivity index (χ4n) is 0.699. The van der Waals surface area contributed by atoms with E-state index in [0.717, 1.165) is 7.05 Å². The number of carbonyl (C=O) groups is 1. The summed E-state index contributed by atoms with van der Waals surface area (Å²) in [5.74, 6) is -0.693. The molecule has 0 N–H and O–H groups in total. The molecule has 0 aromatic rings. The van der Waals surface area contributed by atoms with Crippen LogP contribution in [0.2, 0.25) is 0 Å². The van der Waals surface area contributed by atoms with Crippen LogP contribution in [0.3, 0.4) is 0 Å². The van der Waals surface area contributed by atoms with Crippen molar-refractivity contribution in [2.24, 2.45) is 0 Å². The lowest BCUT2D eigenvalue weighted by atomic mass is 10.4. The number of rotatable bonds is 8. The third kappa shape index (κ3) is 7.89. The highest BCUT2D eigenvalue weighted by Gasteiger charge is 2.23. The van der Waals surface area contributed by atoms with Crippen LogP contribution in [0.5, 0.6) is 0 Å². The van der Waals surface area contributed by atoms with E-state index in [0.29, 0.717) is 6.26 Å². The molecule has 0 radical (unpaired) electrons. The van der Waals surface area contributed by atoms with Crippen molar-refractivity contribution in [2.45, 2.75) is 6.92 Å². The number of hydrogen-bond acceptors (Lipinski definition) is 8. The molecule has 0 rings (SSSR count). The Hall–Kier alpha value is -1.01. The van der Waals surface area contributed by atoms with Crippen molar-refractivity contribution >= 4 is 26.4 Å². The van der Waals surface area contributed by atoms with Crippen LogP contribution in [0.15, 0.2) is 12.2 Å². The number of nitrogens with zero attached hydrogens (tertiary/aromatic N) is 1. The van der Waals surface area contributed by atoms with E-state index >= 15 is 0 Å². The standard InChI is InChI=1S/C8H15NO8S2/c1-7(2)8(10)15-5-6-16-19(13,14)9(3)17-18(4,11)12/h1,5-6H2,2-4H3. The maximum Gasteiger partial charge on any atom is 0.361 e. The summed E-state index contributed by atoms with van der Waals surface area (Å²) in [6, 6.07) is 0. The van der Waals surface area contributed by atoms with Gasteiger partial charge in [0.25, 0.3) is 10.1 Å². The summed E-state index contributed by atoms with van der Waals surface area (Å²) >= 11 is 0. The molecular weight excluding hydrogens is 302 g/mol. The van der Waals surface area contributed by atoms with Crippen LogP contribution in [-0.4, -0.2) is 53.8 Å². The third-order valence-electron chi connectivity index (χ3n) is 1.45. The molecule has 0 unspecified atom stereocenters. The number of hydrogen-bond donors (Lipinski definition) is 0. The van der Waals surface area contributed by atoms with Crippen molar-refractivity contribution in [1.82, 2.24) is 4.47 Å². The molecule has 112 valence electrons. The van der Waals surface area contributed by atoms with Gasteiger partial charge in [-0.15, -0.1) is 0 Å². The van der Waals surface area contributed by atoms with Crippen LogP contribution in [0.1, 0.15) is 6.92 Å². The zero-order valence-corrected chi connectivity index (χ0v) is 12.3. The smallest absolute Gasteiger partial charge is 0.361 e. The zero-order chi connectivity index (χ0) is 15.3. The molecule has 0 atom stereocenters. The fraction of sp³-hybridized carbons (Fsp3) is 0.625. The van der Waals surface area contributed by atoms with E-state index < -0.39 is 33.0 Å². The second-order valence-electron chi connectivity index (χ2n) is 3.38. The van der Waals surface area contributed by atoms with Crippen molar-refractivity contribution < 1.29 is 34.8 Å². The molecule has 0 aromatic carbocycles. The van der Waals surface area contributed by atoms with E-state index in [2.05, 4.69) is 19.8 Å². The van der Waals surface area contributed by atoms with E-state index in [1.807, 2.05) is 0 Å². The van der Waals surface area contributed by atoms with Crippen molar-refractivity contribution in [3.63, 3.8) is 0 Å². The molecule has 11 heteroatoms. The predicted molar refractivity (Wildman–Crippen MR) is 64.3 cm³/mol. The minimum atomic E-state index is -4.39. The van der Waals surface area contributed by atoms with Crippen molar-refractivity contribution in [1.29, 1.82) is 0 Å².